The van der Waals surface area contributed by atoms with Crippen LogP contribution in [0.15, 0.2) is 81.0 Å². The van der Waals surface area contributed by atoms with E-state index in [1.165, 1.54) is 37.4 Å². The van der Waals surface area contributed by atoms with Crippen LogP contribution in [-0.4, -0.2) is 32.8 Å². The number of benzene rings is 3. The van der Waals surface area contributed by atoms with Crippen LogP contribution in [0.25, 0.3) is 22.8 Å². The first-order valence-electron chi connectivity index (χ1n) is 9.20. The molecule has 0 spiro atoms. The molecule has 0 bridgehead atoms. The van der Waals surface area contributed by atoms with Crippen molar-refractivity contribution in [2.75, 3.05) is 20.0 Å². The van der Waals surface area contributed by atoms with Crippen molar-refractivity contribution in [3.05, 3.63) is 66.7 Å². The van der Waals surface area contributed by atoms with E-state index in [-0.39, 0.29) is 21.5 Å². The van der Waals surface area contributed by atoms with Gasteiger partial charge in [0.25, 0.3) is 5.89 Å². The van der Waals surface area contributed by atoms with Gasteiger partial charge in [-0.3, -0.25) is 0 Å². The molecule has 4 aromatic rings. The number of hydrogen-bond donors (Lipinski definition) is 1. The third kappa shape index (κ3) is 3.82. The lowest BCUT2D eigenvalue weighted by atomic mass is 10.2. The smallest absolute Gasteiger partial charge is 0.259 e. The molecule has 0 unspecified atom stereocenters. The van der Waals surface area contributed by atoms with Crippen LogP contribution in [0, 0.1) is 0 Å². The largest absolute Gasteiger partial charge is 0.493 e. The molecule has 8 nitrogen and oxygen atoms in total. The number of ether oxygens (including phenoxy) is 2. The van der Waals surface area contributed by atoms with Gasteiger partial charge in [-0.05, 0) is 54.6 Å². The fourth-order valence-corrected chi connectivity index (χ4v) is 4.53. The SMILES string of the molecule is COc1ccc(-c2noc(-c3ccccc3S(=O)(=O)c3ccc(N)cc3)n2)cc1OC. The Balaban J connectivity index is 1.76. The van der Waals surface area contributed by atoms with Gasteiger partial charge in [-0.1, -0.05) is 17.3 Å². The second-order valence-corrected chi connectivity index (χ2v) is 8.48. The molecule has 0 amide bonds. The van der Waals surface area contributed by atoms with E-state index < -0.39 is 9.84 Å². The van der Waals surface area contributed by atoms with Crippen molar-refractivity contribution < 1.29 is 22.4 Å². The predicted octanol–water partition coefficient (Wildman–Crippen LogP) is 3.84. The summed E-state index contributed by atoms with van der Waals surface area (Å²) in [4.78, 5) is 4.58. The van der Waals surface area contributed by atoms with Crippen LogP contribution in [0.3, 0.4) is 0 Å². The standard InChI is InChI=1S/C22H19N3O5S/c1-28-18-12-7-14(13-19(18)29-2)21-24-22(30-25-21)17-5-3-4-6-20(17)31(26,27)16-10-8-15(23)9-11-16/h3-13H,23H2,1-2H3. The van der Waals surface area contributed by atoms with Crippen LogP contribution in [0.5, 0.6) is 11.5 Å². The lowest BCUT2D eigenvalue weighted by molar-refractivity contribution is 0.355. The number of sulfone groups is 1. The maximum Gasteiger partial charge on any atom is 0.259 e. The summed E-state index contributed by atoms with van der Waals surface area (Å²) < 4.78 is 42.4. The first kappa shape index (κ1) is 20.4. The molecule has 0 fully saturated rings. The highest BCUT2D eigenvalue weighted by molar-refractivity contribution is 7.91. The Hall–Kier alpha value is -3.85. The fourth-order valence-electron chi connectivity index (χ4n) is 3.08. The molecule has 2 N–H and O–H groups in total. The van der Waals surface area contributed by atoms with Gasteiger partial charge in [-0.15, -0.1) is 0 Å². The number of rotatable bonds is 6. The molecule has 4 rings (SSSR count). The highest BCUT2D eigenvalue weighted by Crippen LogP contribution is 2.34. The maximum atomic E-state index is 13.2. The topological polar surface area (TPSA) is 118 Å². The van der Waals surface area contributed by atoms with Gasteiger partial charge < -0.3 is 19.7 Å². The number of methoxy groups -OCH3 is 2. The summed E-state index contributed by atoms with van der Waals surface area (Å²) in [5, 5.41) is 4.01. The van der Waals surface area contributed by atoms with Crippen molar-refractivity contribution >= 4 is 15.5 Å². The molecule has 1 aromatic heterocycles. The molecule has 0 atom stereocenters. The minimum absolute atomic E-state index is 0.0577. The quantitative estimate of drug-likeness (QED) is 0.452. The lowest BCUT2D eigenvalue weighted by Crippen LogP contribution is -2.04. The highest BCUT2D eigenvalue weighted by Gasteiger charge is 2.24. The Labute approximate surface area is 179 Å². The molecular weight excluding hydrogens is 418 g/mol. The number of nitrogens with two attached hydrogens (primary N) is 1. The van der Waals surface area contributed by atoms with Crippen LogP contribution in [-0.2, 0) is 9.84 Å². The summed E-state index contributed by atoms with van der Waals surface area (Å²) in [6.07, 6.45) is 0. The van der Waals surface area contributed by atoms with Crippen molar-refractivity contribution in [1.82, 2.24) is 10.1 Å². The van der Waals surface area contributed by atoms with E-state index in [0.29, 0.717) is 28.3 Å². The molecule has 158 valence electrons. The van der Waals surface area contributed by atoms with Crippen molar-refractivity contribution in [3.63, 3.8) is 0 Å². The third-order valence-electron chi connectivity index (χ3n) is 4.67. The second kappa shape index (κ2) is 8.11. The molecule has 0 saturated carbocycles. The van der Waals surface area contributed by atoms with E-state index in [1.807, 2.05) is 0 Å². The minimum Gasteiger partial charge on any atom is -0.493 e. The van der Waals surface area contributed by atoms with E-state index in [0.717, 1.165) is 0 Å². The van der Waals surface area contributed by atoms with E-state index in [4.69, 9.17) is 19.7 Å². The number of nitrogens with zero attached hydrogens (tertiary/aromatic N) is 2. The molecule has 1 heterocycles. The van der Waals surface area contributed by atoms with Crippen molar-refractivity contribution in [1.29, 1.82) is 0 Å². The van der Waals surface area contributed by atoms with Gasteiger partial charge in [0.1, 0.15) is 0 Å². The monoisotopic (exact) mass is 437 g/mol. The Kier molecular flexibility index (Phi) is 5.35. The van der Waals surface area contributed by atoms with Crippen molar-refractivity contribution in [2.45, 2.75) is 9.79 Å². The Morgan fingerprint density at radius 3 is 2.32 bits per heavy atom. The van der Waals surface area contributed by atoms with Crippen LogP contribution in [0.2, 0.25) is 0 Å². The average Bonchev–Trinajstić information content (AvgIpc) is 3.29. The number of anilines is 1. The van der Waals surface area contributed by atoms with Gasteiger partial charge in [0, 0.05) is 11.3 Å². The van der Waals surface area contributed by atoms with Gasteiger partial charge in [0.15, 0.2) is 11.5 Å². The Bertz CT molecular complexity index is 1330. The maximum absolute atomic E-state index is 13.2. The van der Waals surface area contributed by atoms with Gasteiger partial charge >= 0.3 is 0 Å². The average molecular weight is 437 g/mol. The summed E-state index contributed by atoms with van der Waals surface area (Å²) in [5.74, 6) is 1.45. The van der Waals surface area contributed by atoms with E-state index in [1.54, 1.807) is 43.5 Å². The Morgan fingerprint density at radius 1 is 0.903 bits per heavy atom. The molecular formula is C22H19N3O5S. The Morgan fingerprint density at radius 2 is 1.61 bits per heavy atom. The molecule has 3 aromatic carbocycles. The lowest BCUT2D eigenvalue weighted by Gasteiger charge is -2.08. The summed E-state index contributed by atoms with van der Waals surface area (Å²) >= 11 is 0. The molecule has 0 radical (unpaired) electrons. The number of aromatic nitrogens is 2. The normalized spacial score (nSPS) is 11.3. The molecule has 0 saturated heterocycles. The van der Waals surface area contributed by atoms with Crippen LogP contribution >= 0.6 is 0 Å². The molecule has 0 aliphatic carbocycles. The fraction of sp³-hybridized carbons (Fsp3) is 0.0909. The van der Waals surface area contributed by atoms with Crippen molar-refractivity contribution in [3.8, 4) is 34.3 Å². The predicted molar refractivity (Wildman–Crippen MR) is 115 cm³/mol. The van der Waals surface area contributed by atoms with Gasteiger partial charge in [-0.2, -0.15) is 4.98 Å². The minimum atomic E-state index is -3.83. The van der Waals surface area contributed by atoms with Gasteiger partial charge in [-0.25, -0.2) is 8.42 Å². The summed E-state index contributed by atoms with van der Waals surface area (Å²) in [6.45, 7) is 0. The first-order chi connectivity index (χ1) is 14.9. The zero-order chi connectivity index (χ0) is 22.0. The van der Waals surface area contributed by atoms with E-state index in [9.17, 15) is 8.42 Å². The van der Waals surface area contributed by atoms with Gasteiger partial charge in [0.05, 0.1) is 29.6 Å². The van der Waals surface area contributed by atoms with Crippen molar-refractivity contribution in [2.24, 2.45) is 0 Å². The molecule has 0 aliphatic heterocycles. The van der Waals surface area contributed by atoms with Gasteiger partial charge in [0.2, 0.25) is 15.7 Å². The summed E-state index contributed by atoms with van der Waals surface area (Å²) in [5.41, 5.74) is 7.09. The molecule has 9 heteroatoms. The van der Waals surface area contributed by atoms with Crippen LogP contribution in [0.1, 0.15) is 0 Å². The zero-order valence-electron chi connectivity index (χ0n) is 16.8. The first-order valence-corrected chi connectivity index (χ1v) is 10.7. The van der Waals surface area contributed by atoms with E-state index >= 15 is 0 Å². The van der Waals surface area contributed by atoms with E-state index in [2.05, 4.69) is 10.1 Å². The number of nitrogen functional groups attached to an aromatic ring is 1. The number of hydrogen-bond acceptors (Lipinski definition) is 8. The molecule has 0 aliphatic rings. The third-order valence-corrected chi connectivity index (χ3v) is 6.49. The summed E-state index contributed by atoms with van der Waals surface area (Å²) in [7, 11) is -0.756. The second-order valence-electron chi connectivity index (χ2n) is 6.56. The zero-order valence-corrected chi connectivity index (χ0v) is 17.6. The van der Waals surface area contributed by atoms with Crippen LogP contribution in [0.4, 0.5) is 5.69 Å². The molecule has 31 heavy (non-hydrogen) atoms. The van der Waals surface area contributed by atoms with Crippen LogP contribution < -0.4 is 15.2 Å². The highest BCUT2D eigenvalue weighted by atomic mass is 32.2. The summed E-state index contributed by atoms with van der Waals surface area (Å²) in [6, 6.07) is 17.7.